The Balaban J connectivity index is 1.60. The largest absolute Gasteiger partial charge is 0.354 e. The van der Waals surface area contributed by atoms with Gasteiger partial charge in [-0.15, -0.1) is 0 Å². The third-order valence-electron chi connectivity index (χ3n) is 6.41. The maximum Gasteiger partial charge on any atom is 0.255 e. The number of rotatable bonds is 4. The summed E-state index contributed by atoms with van der Waals surface area (Å²) in [6, 6.07) is 34.8. The van der Waals surface area contributed by atoms with E-state index in [1.54, 1.807) is 0 Å². The van der Waals surface area contributed by atoms with E-state index in [2.05, 4.69) is 81.6 Å². The van der Waals surface area contributed by atoms with Crippen molar-refractivity contribution in [2.75, 3.05) is 0 Å². The summed E-state index contributed by atoms with van der Waals surface area (Å²) in [5.41, 5.74) is 7.32. The van der Waals surface area contributed by atoms with Gasteiger partial charge in [0.05, 0.1) is 11.7 Å². The summed E-state index contributed by atoms with van der Waals surface area (Å²) in [7, 11) is 0. The van der Waals surface area contributed by atoms with Crippen molar-refractivity contribution in [3.63, 3.8) is 0 Å². The van der Waals surface area contributed by atoms with Gasteiger partial charge in [-0.05, 0) is 41.0 Å². The molecule has 1 amide bonds. The number of H-pyrrole nitrogens is 1. The maximum absolute atomic E-state index is 13.6. The number of carbonyl (C=O) groups excluding carboxylic acids is 1. The molecule has 1 aliphatic rings. The van der Waals surface area contributed by atoms with Gasteiger partial charge in [-0.3, -0.25) is 4.79 Å². The van der Waals surface area contributed by atoms with Crippen molar-refractivity contribution in [2.24, 2.45) is 0 Å². The number of hydrogen-bond acceptors (Lipinski definition) is 1. The fourth-order valence-electron chi connectivity index (χ4n) is 4.92. The number of para-hydroxylation sites is 1. The highest BCUT2D eigenvalue weighted by molar-refractivity contribution is 9.10. The molecular formula is C29H21BrN2O. The minimum absolute atomic E-state index is 0.0755. The van der Waals surface area contributed by atoms with Gasteiger partial charge in [-0.1, -0.05) is 94.8 Å². The van der Waals surface area contributed by atoms with Crippen LogP contribution in [0.5, 0.6) is 0 Å². The number of amides is 1. The average molecular weight is 493 g/mol. The molecule has 4 aromatic carbocycles. The topological polar surface area (TPSA) is 36.1 Å². The minimum Gasteiger partial charge on any atom is -0.354 e. The van der Waals surface area contributed by atoms with Gasteiger partial charge in [0.25, 0.3) is 5.91 Å². The first-order valence-corrected chi connectivity index (χ1v) is 11.8. The SMILES string of the molecule is O=C1c2ccccc2[C@@H](c2c(-c3ccc(Br)cc3)[nH]c3ccccc23)N1Cc1ccccc1. The van der Waals surface area contributed by atoms with Crippen LogP contribution in [0.3, 0.4) is 0 Å². The molecule has 5 aromatic rings. The number of aromatic amines is 1. The standard InChI is InChI=1S/C29H21BrN2O/c30-21-16-14-20(15-17-21)27-26(24-12-6-7-13-25(24)31-27)28-22-10-4-5-11-23(22)29(33)32(28)18-19-8-2-1-3-9-19/h1-17,28,31H,18H2/t28-/m0/s1. The number of nitrogens with zero attached hydrogens (tertiary/aromatic N) is 1. The van der Waals surface area contributed by atoms with Gasteiger partial charge >= 0.3 is 0 Å². The predicted molar refractivity (Wildman–Crippen MR) is 136 cm³/mol. The Morgan fingerprint density at radius 3 is 2.30 bits per heavy atom. The fraction of sp³-hybridized carbons (Fsp3) is 0.0690. The Morgan fingerprint density at radius 2 is 1.48 bits per heavy atom. The number of hydrogen-bond donors (Lipinski definition) is 1. The first-order valence-electron chi connectivity index (χ1n) is 11.0. The quantitative estimate of drug-likeness (QED) is 0.279. The molecule has 0 radical (unpaired) electrons. The van der Waals surface area contributed by atoms with Gasteiger partial charge in [0, 0.05) is 33.0 Å². The zero-order valence-electron chi connectivity index (χ0n) is 17.8. The summed E-state index contributed by atoms with van der Waals surface area (Å²) in [5, 5.41) is 1.14. The second-order valence-electron chi connectivity index (χ2n) is 8.37. The third-order valence-corrected chi connectivity index (χ3v) is 6.94. The lowest BCUT2D eigenvalue weighted by molar-refractivity contribution is 0.0737. The molecule has 0 saturated heterocycles. The fourth-order valence-corrected chi connectivity index (χ4v) is 5.18. The van der Waals surface area contributed by atoms with Crippen molar-refractivity contribution in [1.82, 2.24) is 9.88 Å². The second kappa shape index (κ2) is 8.05. The number of halogens is 1. The molecule has 0 bridgehead atoms. The van der Waals surface area contributed by atoms with Crippen LogP contribution in [0.1, 0.15) is 33.1 Å². The molecule has 3 nitrogen and oxygen atoms in total. The summed E-state index contributed by atoms with van der Waals surface area (Å²) in [4.78, 5) is 19.3. The lowest BCUT2D eigenvalue weighted by Gasteiger charge is -2.27. The molecule has 0 spiro atoms. The van der Waals surface area contributed by atoms with Gasteiger partial charge in [0.15, 0.2) is 0 Å². The Kier molecular flexibility index (Phi) is 4.88. The average Bonchev–Trinajstić information content (AvgIpc) is 3.36. The second-order valence-corrected chi connectivity index (χ2v) is 9.29. The van der Waals surface area contributed by atoms with E-state index in [4.69, 9.17) is 0 Å². The van der Waals surface area contributed by atoms with Crippen molar-refractivity contribution in [3.05, 3.63) is 130 Å². The summed E-state index contributed by atoms with van der Waals surface area (Å²) >= 11 is 3.55. The van der Waals surface area contributed by atoms with E-state index in [0.717, 1.165) is 48.9 Å². The molecule has 6 rings (SSSR count). The van der Waals surface area contributed by atoms with E-state index in [9.17, 15) is 4.79 Å². The highest BCUT2D eigenvalue weighted by atomic mass is 79.9. The summed E-state index contributed by atoms with van der Waals surface area (Å²) in [5.74, 6) is 0.0755. The number of carbonyl (C=O) groups is 1. The van der Waals surface area contributed by atoms with Gasteiger partial charge < -0.3 is 9.88 Å². The molecule has 0 aliphatic carbocycles. The Hall–Kier alpha value is -3.63. The van der Waals surface area contributed by atoms with Crippen LogP contribution >= 0.6 is 15.9 Å². The molecule has 0 fully saturated rings. The van der Waals surface area contributed by atoms with Crippen molar-refractivity contribution in [1.29, 1.82) is 0 Å². The summed E-state index contributed by atoms with van der Waals surface area (Å²) in [6.45, 7) is 0.554. The van der Waals surface area contributed by atoms with Crippen LogP contribution in [0.2, 0.25) is 0 Å². The molecule has 1 atom stereocenters. The van der Waals surface area contributed by atoms with E-state index < -0.39 is 0 Å². The number of aromatic nitrogens is 1. The van der Waals surface area contributed by atoms with Crippen LogP contribution in [0.15, 0.2) is 108 Å². The van der Waals surface area contributed by atoms with Gasteiger partial charge in [-0.25, -0.2) is 0 Å². The molecule has 0 unspecified atom stereocenters. The van der Waals surface area contributed by atoms with Crippen LogP contribution in [0.4, 0.5) is 0 Å². The van der Waals surface area contributed by atoms with Crippen molar-refractivity contribution in [3.8, 4) is 11.3 Å². The molecule has 1 N–H and O–H groups in total. The van der Waals surface area contributed by atoms with Gasteiger partial charge in [-0.2, -0.15) is 0 Å². The Bertz CT molecular complexity index is 1470. The van der Waals surface area contributed by atoms with Crippen molar-refractivity contribution >= 4 is 32.7 Å². The normalized spacial score (nSPS) is 15.2. The molecule has 160 valence electrons. The van der Waals surface area contributed by atoms with E-state index in [1.807, 2.05) is 47.4 Å². The molecule has 33 heavy (non-hydrogen) atoms. The lowest BCUT2D eigenvalue weighted by Crippen LogP contribution is -2.28. The third kappa shape index (κ3) is 3.38. The van der Waals surface area contributed by atoms with E-state index in [0.29, 0.717) is 6.54 Å². The monoisotopic (exact) mass is 492 g/mol. The molecule has 0 saturated carbocycles. The van der Waals surface area contributed by atoms with E-state index in [1.165, 1.54) is 0 Å². The summed E-state index contributed by atoms with van der Waals surface area (Å²) < 4.78 is 1.04. The predicted octanol–water partition coefficient (Wildman–Crippen LogP) is 7.34. The lowest BCUT2D eigenvalue weighted by atomic mass is 9.93. The Labute approximate surface area is 200 Å². The van der Waals surface area contributed by atoms with E-state index >= 15 is 0 Å². The maximum atomic E-state index is 13.6. The number of fused-ring (bicyclic) bond motifs is 2. The van der Waals surface area contributed by atoms with Gasteiger partial charge in [0.1, 0.15) is 0 Å². The highest BCUT2D eigenvalue weighted by Crippen LogP contribution is 2.46. The van der Waals surface area contributed by atoms with Crippen LogP contribution in [0.25, 0.3) is 22.2 Å². The van der Waals surface area contributed by atoms with Crippen LogP contribution in [-0.2, 0) is 6.54 Å². The van der Waals surface area contributed by atoms with Crippen LogP contribution in [0, 0.1) is 0 Å². The number of benzene rings is 4. The molecule has 1 aliphatic heterocycles. The number of nitrogens with one attached hydrogen (secondary N) is 1. The first kappa shape index (κ1) is 20.0. The highest BCUT2D eigenvalue weighted by Gasteiger charge is 2.40. The van der Waals surface area contributed by atoms with Crippen molar-refractivity contribution in [2.45, 2.75) is 12.6 Å². The zero-order valence-corrected chi connectivity index (χ0v) is 19.4. The van der Waals surface area contributed by atoms with Crippen LogP contribution in [-0.4, -0.2) is 15.8 Å². The first-order chi connectivity index (χ1) is 16.2. The minimum atomic E-state index is -0.177. The molecule has 1 aromatic heterocycles. The van der Waals surface area contributed by atoms with Gasteiger partial charge in [0.2, 0.25) is 0 Å². The molecule has 2 heterocycles. The Morgan fingerprint density at radius 1 is 0.788 bits per heavy atom. The molecular weight excluding hydrogens is 472 g/mol. The van der Waals surface area contributed by atoms with E-state index in [-0.39, 0.29) is 11.9 Å². The summed E-state index contributed by atoms with van der Waals surface area (Å²) in [6.07, 6.45) is 0. The smallest absolute Gasteiger partial charge is 0.255 e. The van der Waals surface area contributed by atoms with Crippen molar-refractivity contribution < 1.29 is 4.79 Å². The van der Waals surface area contributed by atoms with Crippen LogP contribution < -0.4 is 0 Å². The zero-order chi connectivity index (χ0) is 22.4. The molecule has 4 heteroatoms.